The molecule has 0 heterocycles. The van der Waals surface area contributed by atoms with Crippen molar-refractivity contribution >= 4 is 17.8 Å². The third-order valence-corrected chi connectivity index (χ3v) is 8.44. The zero-order valence-electron chi connectivity index (χ0n) is 34.0. The third kappa shape index (κ3) is 51.7. The van der Waals surface area contributed by atoms with Gasteiger partial charge in [-0.05, 0) is 77.0 Å². The molecule has 0 unspecified atom stereocenters. The van der Waals surface area contributed by atoms with E-state index in [-0.39, 0.29) is 11.8 Å². The van der Waals surface area contributed by atoms with Crippen LogP contribution >= 0.6 is 0 Å². The molecule has 2 amide bonds. The molecule has 0 fully saturated rings. The van der Waals surface area contributed by atoms with Crippen LogP contribution in [-0.4, -0.2) is 62.2 Å². The van der Waals surface area contributed by atoms with Crippen molar-refractivity contribution in [3.63, 3.8) is 0 Å². The zero-order chi connectivity index (χ0) is 38.4. The van der Waals surface area contributed by atoms with Gasteiger partial charge in [-0.3, -0.25) is 14.4 Å². The first-order valence-electron chi connectivity index (χ1n) is 21.2. The molecule has 8 heteroatoms. The van der Waals surface area contributed by atoms with Gasteiger partial charge in [-0.15, -0.1) is 0 Å². The lowest BCUT2D eigenvalue weighted by Gasteiger charge is -2.09. The molecule has 8 nitrogen and oxygen atoms in total. The minimum atomic E-state index is -0.833. The lowest BCUT2D eigenvalue weighted by molar-refractivity contribution is -0.134. The predicted octanol–water partition coefficient (Wildman–Crippen LogP) is 10.1. The minimum Gasteiger partial charge on any atom is -0.481 e. The summed E-state index contributed by atoms with van der Waals surface area (Å²) in [6.07, 6.45) is 46.1. The van der Waals surface area contributed by atoms with Crippen LogP contribution in [0.15, 0.2) is 48.6 Å². The van der Waals surface area contributed by atoms with Crippen LogP contribution in [-0.2, 0) is 14.4 Å². The van der Waals surface area contributed by atoms with Crippen molar-refractivity contribution in [2.75, 3.05) is 39.3 Å². The predicted molar refractivity (Wildman–Crippen MR) is 224 cm³/mol. The van der Waals surface area contributed by atoms with Crippen molar-refractivity contribution < 1.29 is 19.5 Å². The smallest absolute Gasteiger partial charge is 0.300 e. The molecule has 0 bridgehead atoms. The first-order valence-corrected chi connectivity index (χ1v) is 21.2. The Morgan fingerprint density at radius 3 is 1.06 bits per heavy atom. The van der Waals surface area contributed by atoms with Crippen LogP contribution in [0.25, 0.3) is 0 Å². The second-order valence-electron chi connectivity index (χ2n) is 13.7. The Hall–Kier alpha value is -2.71. The van der Waals surface area contributed by atoms with Crippen LogP contribution < -0.4 is 21.3 Å². The largest absolute Gasteiger partial charge is 0.481 e. The maximum Gasteiger partial charge on any atom is 0.300 e. The number of hydrogen-bond acceptors (Lipinski definition) is 5. The van der Waals surface area contributed by atoms with Crippen molar-refractivity contribution in [1.82, 2.24) is 21.3 Å². The molecule has 0 aromatic rings. The molecule has 0 aliphatic heterocycles. The van der Waals surface area contributed by atoms with E-state index in [1.54, 1.807) is 0 Å². The summed E-state index contributed by atoms with van der Waals surface area (Å²) in [5.74, 6) is -0.507. The van der Waals surface area contributed by atoms with Crippen LogP contribution in [0.2, 0.25) is 0 Å². The zero-order valence-corrected chi connectivity index (χ0v) is 34.0. The van der Waals surface area contributed by atoms with E-state index in [2.05, 4.69) is 83.7 Å². The minimum absolute atomic E-state index is 0.163. The number of nitrogens with one attached hydrogen (secondary N) is 4. The number of carboxylic acids is 1. The Morgan fingerprint density at radius 1 is 0.423 bits per heavy atom. The van der Waals surface area contributed by atoms with Gasteiger partial charge >= 0.3 is 0 Å². The van der Waals surface area contributed by atoms with Crippen LogP contribution in [0.1, 0.15) is 175 Å². The summed E-state index contributed by atoms with van der Waals surface area (Å²) in [6, 6.07) is 0. The Balaban J connectivity index is 0. The highest BCUT2D eigenvalue weighted by molar-refractivity contribution is 5.76. The highest BCUT2D eigenvalue weighted by Crippen LogP contribution is 2.09. The number of aliphatic carboxylic acids is 1. The van der Waals surface area contributed by atoms with Crippen LogP contribution in [0.3, 0.4) is 0 Å². The first kappa shape index (κ1) is 51.4. The Labute approximate surface area is 320 Å². The molecular formula is C44H82N4O4. The van der Waals surface area contributed by atoms with E-state index >= 15 is 0 Å². The van der Waals surface area contributed by atoms with Crippen LogP contribution in [0, 0.1) is 0 Å². The molecule has 0 aromatic heterocycles. The van der Waals surface area contributed by atoms with E-state index < -0.39 is 5.97 Å². The Kier molecular flexibility index (Phi) is 45.8. The fourth-order valence-corrected chi connectivity index (χ4v) is 5.38. The topological polar surface area (TPSA) is 120 Å². The summed E-state index contributed by atoms with van der Waals surface area (Å²) < 4.78 is 0. The molecule has 52 heavy (non-hydrogen) atoms. The number of allylic oxidation sites excluding steroid dienone is 8. The molecular weight excluding hydrogens is 649 g/mol. The second kappa shape index (κ2) is 46.3. The van der Waals surface area contributed by atoms with E-state index in [0.29, 0.717) is 25.9 Å². The average molecular weight is 731 g/mol. The molecule has 0 aliphatic rings. The summed E-state index contributed by atoms with van der Waals surface area (Å²) in [5, 5.41) is 20.2. The Bertz CT molecular complexity index is 831. The molecule has 0 radical (unpaired) electrons. The molecule has 0 saturated heterocycles. The summed E-state index contributed by atoms with van der Waals surface area (Å²) in [6.45, 7) is 10.2. The van der Waals surface area contributed by atoms with Gasteiger partial charge in [0.25, 0.3) is 5.97 Å². The van der Waals surface area contributed by atoms with Crippen LogP contribution in [0.4, 0.5) is 0 Å². The van der Waals surface area contributed by atoms with Gasteiger partial charge in [0.2, 0.25) is 11.8 Å². The van der Waals surface area contributed by atoms with Gasteiger partial charge in [0, 0.05) is 59.0 Å². The maximum absolute atomic E-state index is 12.0. The van der Waals surface area contributed by atoms with E-state index in [0.717, 1.165) is 71.6 Å². The Morgan fingerprint density at radius 2 is 0.712 bits per heavy atom. The monoisotopic (exact) mass is 731 g/mol. The summed E-state index contributed by atoms with van der Waals surface area (Å²) >= 11 is 0. The van der Waals surface area contributed by atoms with Gasteiger partial charge in [-0.1, -0.05) is 127 Å². The normalized spacial score (nSPS) is 11.5. The van der Waals surface area contributed by atoms with Gasteiger partial charge in [0.05, 0.1) is 0 Å². The SMILES string of the molecule is CC(=O)O.CCCCC/C=C/C/C=C/CCCCCCCC(=O)NCCNCCNCCNC(=O)CCCCCCC/C=C/C/C=C/CCCCC. The second-order valence-corrected chi connectivity index (χ2v) is 13.7. The summed E-state index contributed by atoms with van der Waals surface area (Å²) in [5.41, 5.74) is 0. The van der Waals surface area contributed by atoms with Gasteiger partial charge in [-0.25, -0.2) is 0 Å². The number of amides is 2. The molecule has 0 spiro atoms. The van der Waals surface area contributed by atoms with Gasteiger partial charge in [0.15, 0.2) is 0 Å². The first-order chi connectivity index (χ1) is 25.4. The number of carboxylic acid groups (broad SMARTS) is 1. The average Bonchev–Trinajstić information content (AvgIpc) is 3.12. The van der Waals surface area contributed by atoms with Crippen molar-refractivity contribution in [2.24, 2.45) is 0 Å². The van der Waals surface area contributed by atoms with E-state index in [9.17, 15) is 9.59 Å². The standard InChI is InChI=1S/C42H78N4O2.C2H4O2/c1-3-5-7-9-11-13-15-17-19-21-23-25-27-29-31-33-41(47)45-39-37-43-35-36-44-38-40-46-42(48)34-32-30-28-26-24-22-20-18-16-14-12-10-8-6-4-2;1-2(3)4/h11-14,17-20,43-44H,3-10,15-16,21-40H2,1-2H3,(H,45,47)(H,46,48);1H3,(H,3,4)/b13-11+,14-12+,19-17+,20-18+;. The van der Waals surface area contributed by atoms with Crippen molar-refractivity contribution in [1.29, 1.82) is 0 Å². The van der Waals surface area contributed by atoms with Gasteiger partial charge in [-0.2, -0.15) is 0 Å². The third-order valence-electron chi connectivity index (χ3n) is 8.44. The van der Waals surface area contributed by atoms with Gasteiger partial charge in [0.1, 0.15) is 0 Å². The lowest BCUT2D eigenvalue weighted by atomic mass is 10.1. The fraction of sp³-hybridized carbons (Fsp3) is 0.750. The number of hydrogen-bond donors (Lipinski definition) is 5. The lowest BCUT2D eigenvalue weighted by Crippen LogP contribution is -2.37. The number of rotatable bonds is 37. The molecule has 5 N–H and O–H groups in total. The van der Waals surface area contributed by atoms with Crippen LogP contribution in [0.5, 0.6) is 0 Å². The number of carbonyl (C=O) groups is 3. The van der Waals surface area contributed by atoms with Crippen molar-refractivity contribution in [3.05, 3.63) is 48.6 Å². The highest BCUT2D eigenvalue weighted by Gasteiger charge is 2.02. The molecule has 0 aliphatic carbocycles. The van der Waals surface area contributed by atoms with E-state index in [1.165, 1.54) is 103 Å². The molecule has 0 rings (SSSR count). The summed E-state index contributed by atoms with van der Waals surface area (Å²) in [7, 11) is 0. The van der Waals surface area contributed by atoms with Crippen molar-refractivity contribution in [2.45, 2.75) is 175 Å². The maximum atomic E-state index is 12.0. The molecule has 0 aromatic carbocycles. The number of unbranched alkanes of at least 4 members (excludes halogenated alkanes) is 16. The van der Waals surface area contributed by atoms with E-state index in [4.69, 9.17) is 9.90 Å². The van der Waals surface area contributed by atoms with Crippen molar-refractivity contribution in [3.8, 4) is 0 Å². The molecule has 0 saturated carbocycles. The van der Waals surface area contributed by atoms with E-state index in [1.807, 2.05) is 0 Å². The molecule has 0 atom stereocenters. The fourth-order valence-electron chi connectivity index (χ4n) is 5.38. The molecule has 302 valence electrons. The van der Waals surface area contributed by atoms with Gasteiger partial charge < -0.3 is 26.4 Å². The quantitative estimate of drug-likeness (QED) is 0.0321. The summed E-state index contributed by atoms with van der Waals surface area (Å²) in [4.78, 5) is 33.1. The highest BCUT2D eigenvalue weighted by atomic mass is 16.4. The number of carbonyl (C=O) groups excluding carboxylic acids is 2.